The van der Waals surface area contributed by atoms with Crippen LogP contribution in [0.5, 0.6) is 0 Å². The molecule has 0 aliphatic carbocycles. The van der Waals surface area contributed by atoms with Gasteiger partial charge in [-0.05, 0) is 90.1 Å². The summed E-state index contributed by atoms with van der Waals surface area (Å²) in [5.41, 5.74) is 9.94. The topological polar surface area (TPSA) is 60.7 Å². The molecule has 0 radical (unpaired) electrons. The van der Waals surface area contributed by atoms with E-state index < -0.39 is 13.4 Å². The third-order valence-corrected chi connectivity index (χ3v) is 9.59. The zero-order valence-electron chi connectivity index (χ0n) is 29.8. The standard InChI is InChI=1S/C39H58O3P/c1-24-29(27-19-17-25(35(2,3)4)21-30(27)37(8,9)10)23-32(43(40,41)42)34(39(14,15)16)33(24)28-20-18-26(36(5,6)7)22-31(28)38(11,12)13/h17-23,40-42H,1-16H3/q+1. The second kappa shape index (κ2) is 11.1. The Labute approximate surface area is 263 Å². The first kappa shape index (κ1) is 35.4. The summed E-state index contributed by atoms with van der Waals surface area (Å²) in [6.07, 6.45) is 0. The van der Waals surface area contributed by atoms with Gasteiger partial charge in [0, 0.05) is 5.56 Å². The van der Waals surface area contributed by atoms with Gasteiger partial charge in [-0.2, -0.15) is 14.7 Å². The van der Waals surface area contributed by atoms with Crippen LogP contribution >= 0.6 is 7.94 Å². The van der Waals surface area contributed by atoms with Crippen molar-refractivity contribution < 1.29 is 14.7 Å². The van der Waals surface area contributed by atoms with Crippen LogP contribution in [0.4, 0.5) is 0 Å². The predicted octanol–water partition coefficient (Wildman–Crippen LogP) is 10.2. The van der Waals surface area contributed by atoms with Crippen molar-refractivity contribution in [3.05, 3.63) is 75.8 Å². The molecule has 0 fully saturated rings. The fourth-order valence-electron chi connectivity index (χ4n) is 6.10. The lowest BCUT2D eigenvalue weighted by Crippen LogP contribution is -2.28. The van der Waals surface area contributed by atoms with Crippen molar-refractivity contribution in [2.75, 3.05) is 0 Å². The quantitative estimate of drug-likeness (QED) is 0.260. The van der Waals surface area contributed by atoms with Crippen LogP contribution in [0.2, 0.25) is 0 Å². The van der Waals surface area contributed by atoms with E-state index in [4.69, 9.17) is 0 Å². The first-order valence-corrected chi connectivity index (χ1v) is 17.3. The molecule has 3 N–H and O–H groups in total. The maximum absolute atomic E-state index is 11.0. The summed E-state index contributed by atoms with van der Waals surface area (Å²) in [6.45, 7) is 35.2. The largest absolute Gasteiger partial charge is 0.441 e. The second-order valence-electron chi connectivity index (χ2n) is 17.7. The van der Waals surface area contributed by atoms with Gasteiger partial charge in [0.15, 0.2) is 5.30 Å². The van der Waals surface area contributed by atoms with Gasteiger partial charge >= 0.3 is 7.94 Å². The summed E-state index contributed by atoms with van der Waals surface area (Å²) in [5, 5.41) is 0.232. The van der Waals surface area contributed by atoms with E-state index in [2.05, 4.69) is 147 Å². The minimum Gasteiger partial charge on any atom is -0.189 e. The molecular weight excluding hydrogens is 547 g/mol. The fraction of sp³-hybridized carbons (Fsp3) is 0.538. The zero-order valence-corrected chi connectivity index (χ0v) is 30.7. The monoisotopic (exact) mass is 605 g/mol. The Morgan fingerprint density at radius 1 is 0.465 bits per heavy atom. The molecule has 43 heavy (non-hydrogen) atoms. The molecular formula is C39H58O3P+. The minimum atomic E-state index is -4.40. The first-order chi connectivity index (χ1) is 19.1. The second-order valence-corrected chi connectivity index (χ2v) is 19.3. The normalized spacial score (nSPS) is 13.9. The molecule has 3 aromatic carbocycles. The van der Waals surface area contributed by atoms with Crippen LogP contribution < -0.4 is 5.30 Å². The van der Waals surface area contributed by atoms with Gasteiger partial charge in [0.2, 0.25) is 0 Å². The van der Waals surface area contributed by atoms with Gasteiger partial charge in [-0.3, -0.25) is 0 Å². The molecule has 3 aromatic rings. The van der Waals surface area contributed by atoms with Gasteiger partial charge in [-0.15, -0.1) is 0 Å². The van der Waals surface area contributed by atoms with E-state index in [0.29, 0.717) is 0 Å². The van der Waals surface area contributed by atoms with Crippen LogP contribution in [0, 0.1) is 6.92 Å². The predicted molar refractivity (Wildman–Crippen MR) is 189 cm³/mol. The highest BCUT2D eigenvalue weighted by atomic mass is 31.2. The first-order valence-electron chi connectivity index (χ1n) is 15.6. The lowest BCUT2D eigenvalue weighted by Gasteiger charge is -2.33. The lowest BCUT2D eigenvalue weighted by atomic mass is 9.71. The van der Waals surface area contributed by atoms with Crippen LogP contribution in [0.25, 0.3) is 22.3 Å². The molecule has 0 aromatic heterocycles. The fourth-order valence-corrected chi connectivity index (χ4v) is 7.14. The van der Waals surface area contributed by atoms with E-state index in [9.17, 15) is 14.7 Å². The van der Waals surface area contributed by atoms with Crippen molar-refractivity contribution in [2.45, 2.75) is 138 Å². The summed E-state index contributed by atoms with van der Waals surface area (Å²) in [7, 11) is -4.40. The van der Waals surface area contributed by atoms with Crippen molar-refractivity contribution in [1.82, 2.24) is 0 Å². The van der Waals surface area contributed by atoms with E-state index in [0.717, 1.165) is 33.4 Å². The average molecular weight is 606 g/mol. The van der Waals surface area contributed by atoms with Crippen molar-refractivity contribution in [2.24, 2.45) is 0 Å². The number of hydrogen-bond donors (Lipinski definition) is 3. The summed E-state index contributed by atoms with van der Waals surface area (Å²) in [4.78, 5) is 33.1. The third-order valence-electron chi connectivity index (χ3n) is 8.59. The van der Waals surface area contributed by atoms with E-state index in [1.54, 1.807) is 0 Å². The van der Waals surface area contributed by atoms with E-state index in [-0.39, 0.29) is 27.0 Å². The summed E-state index contributed by atoms with van der Waals surface area (Å²) in [5.74, 6) is 0. The highest BCUT2D eigenvalue weighted by molar-refractivity contribution is 7.66. The van der Waals surface area contributed by atoms with E-state index >= 15 is 0 Å². The Bertz CT molecular complexity index is 1500. The molecule has 236 valence electrons. The SMILES string of the molecule is Cc1c(-c2ccc(C(C)(C)C)cc2C(C)(C)C)cc([P+](O)(O)O)c(C(C)(C)C)c1-c1ccc(C(C)(C)C)cc1C(C)(C)C. The van der Waals surface area contributed by atoms with Gasteiger partial charge in [0.1, 0.15) is 0 Å². The zero-order chi connectivity index (χ0) is 33.3. The van der Waals surface area contributed by atoms with Crippen molar-refractivity contribution in [3.8, 4) is 22.3 Å². The van der Waals surface area contributed by atoms with Gasteiger partial charge in [-0.1, -0.05) is 140 Å². The molecule has 0 atom stereocenters. The molecule has 3 nitrogen and oxygen atoms in total. The number of hydrogen-bond acceptors (Lipinski definition) is 3. The molecule has 0 saturated heterocycles. The molecule has 4 heteroatoms. The van der Waals surface area contributed by atoms with Crippen LogP contribution in [-0.2, 0) is 27.1 Å². The van der Waals surface area contributed by atoms with Gasteiger partial charge in [-0.25, -0.2) is 0 Å². The van der Waals surface area contributed by atoms with Crippen LogP contribution in [-0.4, -0.2) is 14.7 Å². The maximum Gasteiger partial charge on any atom is 0.441 e. The number of benzene rings is 3. The summed E-state index contributed by atoms with van der Waals surface area (Å²) < 4.78 is 0. The van der Waals surface area contributed by atoms with Crippen molar-refractivity contribution in [3.63, 3.8) is 0 Å². The number of rotatable bonds is 3. The maximum atomic E-state index is 11.0. The highest BCUT2D eigenvalue weighted by Gasteiger charge is 2.44. The third kappa shape index (κ3) is 7.45. The molecule has 0 unspecified atom stereocenters. The molecule has 0 aliphatic rings. The Balaban J connectivity index is 2.67. The summed E-state index contributed by atoms with van der Waals surface area (Å²) in [6, 6.07) is 15.3. The molecule has 0 bridgehead atoms. The van der Waals surface area contributed by atoms with Gasteiger partial charge < -0.3 is 0 Å². The van der Waals surface area contributed by atoms with Gasteiger partial charge in [0.05, 0.1) is 0 Å². The molecule has 0 aliphatic heterocycles. The molecule has 0 spiro atoms. The smallest absolute Gasteiger partial charge is 0.189 e. The minimum absolute atomic E-state index is 0.0155. The van der Waals surface area contributed by atoms with Crippen molar-refractivity contribution in [1.29, 1.82) is 0 Å². The molecule has 0 heterocycles. The van der Waals surface area contributed by atoms with Gasteiger partial charge in [0.25, 0.3) is 0 Å². The van der Waals surface area contributed by atoms with Crippen LogP contribution in [0.3, 0.4) is 0 Å². The lowest BCUT2D eigenvalue weighted by molar-refractivity contribution is 0.346. The highest BCUT2D eigenvalue weighted by Crippen LogP contribution is 2.52. The summed E-state index contributed by atoms with van der Waals surface area (Å²) >= 11 is 0. The van der Waals surface area contributed by atoms with Crippen LogP contribution in [0.1, 0.15) is 137 Å². The van der Waals surface area contributed by atoms with Crippen molar-refractivity contribution >= 4 is 13.2 Å². The van der Waals surface area contributed by atoms with E-state index in [1.807, 2.05) is 6.07 Å². The average Bonchev–Trinajstić information content (AvgIpc) is 2.79. The molecule has 3 rings (SSSR count). The van der Waals surface area contributed by atoms with Crippen LogP contribution in [0.15, 0.2) is 42.5 Å². The molecule has 0 saturated carbocycles. The Morgan fingerprint density at radius 3 is 1.21 bits per heavy atom. The Kier molecular flexibility index (Phi) is 9.15. The van der Waals surface area contributed by atoms with E-state index in [1.165, 1.54) is 22.3 Å². The Morgan fingerprint density at radius 2 is 0.860 bits per heavy atom. The Hall–Kier alpha value is -2.03. The molecule has 0 amide bonds.